The molecular weight excluding hydrogens is 208 g/mol. The summed E-state index contributed by atoms with van der Waals surface area (Å²) in [7, 11) is 0. The Labute approximate surface area is 95.9 Å². The number of nitrogens with one attached hydrogen (secondary N) is 1. The zero-order valence-corrected chi connectivity index (χ0v) is 9.80. The molecule has 15 heavy (non-hydrogen) atoms. The number of benzene rings is 1. The van der Waals surface area contributed by atoms with Gasteiger partial charge in [0.15, 0.2) is 0 Å². The number of hydrogen-bond acceptors (Lipinski definition) is 2. The van der Waals surface area contributed by atoms with Crippen molar-refractivity contribution in [3.63, 3.8) is 0 Å². The maximum Gasteiger partial charge on any atom is 0.101 e. The molecule has 0 aliphatic rings. The average molecular weight is 223 g/mol. The zero-order valence-electron chi connectivity index (χ0n) is 9.05. The molecule has 0 fully saturated rings. The number of halogens is 1. The van der Waals surface area contributed by atoms with Crippen LogP contribution in [0.15, 0.2) is 18.2 Å². The van der Waals surface area contributed by atoms with Gasteiger partial charge >= 0.3 is 0 Å². The van der Waals surface area contributed by atoms with Crippen LogP contribution in [0.2, 0.25) is 5.02 Å². The molecule has 0 amide bonds. The van der Waals surface area contributed by atoms with Gasteiger partial charge in [-0.15, -0.1) is 0 Å². The predicted octanol–water partition coefficient (Wildman–Crippen LogP) is 3.67. The first-order chi connectivity index (χ1) is 7.17. The van der Waals surface area contributed by atoms with Gasteiger partial charge in [-0.25, -0.2) is 0 Å². The van der Waals surface area contributed by atoms with E-state index in [4.69, 9.17) is 16.9 Å². The Morgan fingerprint density at radius 3 is 2.87 bits per heavy atom. The molecule has 3 heteroatoms. The molecule has 1 atom stereocenters. The highest BCUT2D eigenvalue weighted by Crippen LogP contribution is 2.19. The first-order valence-corrected chi connectivity index (χ1v) is 5.48. The molecule has 80 valence electrons. The van der Waals surface area contributed by atoms with E-state index in [0.29, 0.717) is 16.5 Å². The zero-order chi connectivity index (χ0) is 11.3. The summed E-state index contributed by atoms with van der Waals surface area (Å²) in [6.07, 6.45) is 1.14. The van der Waals surface area contributed by atoms with Gasteiger partial charge in [0.2, 0.25) is 0 Å². The van der Waals surface area contributed by atoms with Gasteiger partial charge in [0.25, 0.3) is 0 Å². The molecule has 1 rings (SSSR count). The lowest BCUT2D eigenvalue weighted by molar-refractivity contribution is 0.593. The minimum absolute atomic E-state index is 0.506. The van der Waals surface area contributed by atoms with Crippen LogP contribution in [-0.4, -0.2) is 6.54 Å². The Hall–Kier alpha value is -1.20. The summed E-state index contributed by atoms with van der Waals surface area (Å²) in [4.78, 5) is 0. The Morgan fingerprint density at radius 2 is 2.27 bits per heavy atom. The van der Waals surface area contributed by atoms with Gasteiger partial charge < -0.3 is 5.32 Å². The van der Waals surface area contributed by atoms with Crippen molar-refractivity contribution >= 4 is 17.3 Å². The van der Waals surface area contributed by atoms with Crippen LogP contribution in [0.4, 0.5) is 5.69 Å². The first-order valence-electron chi connectivity index (χ1n) is 5.11. The van der Waals surface area contributed by atoms with E-state index in [1.807, 2.05) is 6.07 Å². The quantitative estimate of drug-likeness (QED) is 0.844. The number of anilines is 1. The molecule has 1 unspecified atom stereocenters. The number of rotatable bonds is 4. The molecule has 0 bridgehead atoms. The Kier molecular flexibility index (Phi) is 4.45. The molecule has 1 aromatic carbocycles. The van der Waals surface area contributed by atoms with Crippen LogP contribution in [0.1, 0.15) is 25.8 Å². The van der Waals surface area contributed by atoms with Crippen LogP contribution in [0.25, 0.3) is 0 Å². The maximum atomic E-state index is 8.80. The van der Waals surface area contributed by atoms with Gasteiger partial charge in [0.1, 0.15) is 6.07 Å². The van der Waals surface area contributed by atoms with E-state index in [1.165, 1.54) is 0 Å². The van der Waals surface area contributed by atoms with Crippen LogP contribution in [-0.2, 0) is 0 Å². The molecule has 0 aromatic heterocycles. The molecular formula is C12H15ClN2. The molecule has 0 heterocycles. The van der Waals surface area contributed by atoms with Crippen molar-refractivity contribution in [2.24, 2.45) is 5.92 Å². The van der Waals surface area contributed by atoms with E-state index in [2.05, 4.69) is 25.2 Å². The van der Waals surface area contributed by atoms with Crippen LogP contribution in [0.5, 0.6) is 0 Å². The summed E-state index contributed by atoms with van der Waals surface area (Å²) in [5, 5.41) is 12.6. The summed E-state index contributed by atoms with van der Waals surface area (Å²) in [6, 6.07) is 7.49. The summed E-state index contributed by atoms with van der Waals surface area (Å²) in [5.41, 5.74) is 1.47. The van der Waals surface area contributed by atoms with Gasteiger partial charge in [-0.3, -0.25) is 0 Å². The van der Waals surface area contributed by atoms with Gasteiger partial charge in [-0.05, 0) is 24.1 Å². The maximum absolute atomic E-state index is 8.80. The standard InChI is InChI=1S/C12H15ClN2/c1-3-9(2)8-15-11-4-5-12(13)10(6-11)7-14/h4-6,9,15H,3,8H2,1-2H3. The fourth-order valence-electron chi connectivity index (χ4n) is 1.16. The SMILES string of the molecule is CCC(C)CNc1ccc(Cl)c(C#N)c1. The number of hydrogen-bond donors (Lipinski definition) is 1. The van der Waals surface area contributed by atoms with Crippen molar-refractivity contribution in [3.8, 4) is 6.07 Å². The first kappa shape index (κ1) is 11.9. The van der Waals surface area contributed by atoms with Gasteiger partial charge in [0.05, 0.1) is 10.6 Å². The molecule has 2 nitrogen and oxygen atoms in total. The van der Waals surface area contributed by atoms with Crippen LogP contribution in [0.3, 0.4) is 0 Å². The molecule has 0 spiro atoms. The molecule has 0 saturated carbocycles. The minimum atomic E-state index is 0.506. The fourth-order valence-corrected chi connectivity index (χ4v) is 1.32. The molecule has 1 aromatic rings. The highest BCUT2D eigenvalue weighted by Gasteiger charge is 2.02. The largest absolute Gasteiger partial charge is 0.385 e. The van der Waals surface area contributed by atoms with Crippen molar-refractivity contribution in [3.05, 3.63) is 28.8 Å². The lowest BCUT2D eigenvalue weighted by Gasteiger charge is -2.11. The topological polar surface area (TPSA) is 35.8 Å². The fraction of sp³-hybridized carbons (Fsp3) is 0.417. The second kappa shape index (κ2) is 5.63. The molecule has 0 saturated heterocycles. The van der Waals surface area contributed by atoms with E-state index in [9.17, 15) is 0 Å². The third-order valence-electron chi connectivity index (χ3n) is 2.44. The number of nitrogens with zero attached hydrogens (tertiary/aromatic N) is 1. The Balaban J connectivity index is 2.67. The lowest BCUT2D eigenvalue weighted by atomic mass is 10.1. The van der Waals surface area contributed by atoms with Crippen molar-refractivity contribution in [1.82, 2.24) is 0 Å². The summed E-state index contributed by atoms with van der Waals surface area (Å²) in [5.74, 6) is 0.631. The molecule has 0 aliphatic heterocycles. The van der Waals surface area contributed by atoms with E-state index < -0.39 is 0 Å². The van der Waals surface area contributed by atoms with Crippen molar-refractivity contribution in [2.45, 2.75) is 20.3 Å². The van der Waals surface area contributed by atoms with Crippen molar-refractivity contribution < 1.29 is 0 Å². The highest BCUT2D eigenvalue weighted by atomic mass is 35.5. The smallest absolute Gasteiger partial charge is 0.101 e. The lowest BCUT2D eigenvalue weighted by Crippen LogP contribution is -2.10. The highest BCUT2D eigenvalue weighted by molar-refractivity contribution is 6.31. The normalized spacial score (nSPS) is 11.9. The van der Waals surface area contributed by atoms with Gasteiger partial charge in [-0.1, -0.05) is 31.9 Å². The Bertz CT molecular complexity index is 368. The molecule has 0 radical (unpaired) electrons. The van der Waals surface area contributed by atoms with Crippen LogP contribution >= 0.6 is 11.6 Å². The van der Waals surface area contributed by atoms with E-state index in [0.717, 1.165) is 18.7 Å². The second-order valence-corrected chi connectivity index (χ2v) is 4.11. The van der Waals surface area contributed by atoms with Gasteiger partial charge in [0, 0.05) is 12.2 Å². The summed E-state index contributed by atoms with van der Waals surface area (Å²) >= 11 is 5.84. The monoisotopic (exact) mass is 222 g/mol. The Morgan fingerprint density at radius 1 is 1.53 bits per heavy atom. The third kappa shape index (κ3) is 3.45. The molecule has 1 N–H and O–H groups in total. The van der Waals surface area contributed by atoms with Crippen molar-refractivity contribution in [1.29, 1.82) is 5.26 Å². The van der Waals surface area contributed by atoms with E-state index in [-0.39, 0.29) is 0 Å². The van der Waals surface area contributed by atoms with E-state index in [1.54, 1.807) is 12.1 Å². The molecule has 0 aliphatic carbocycles. The van der Waals surface area contributed by atoms with E-state index >= 15 is 0 Å². The van der Waals surface area contributed by atoms with Crippen LogP contribution in [0, 0.1) is 17.2 Å². The summed E-state index contributed by atoms with van der Waals surface area (Å²) < 4.78 is 0. The second-order valence-electron chi connectivity index (χ2n) is 3.70. The van der Waals surface area contributed by atoms with Gasteiger partial charge in [-0.2, -0.15) is 5.26 Å². The predicted molar refractivity (Wildman–Crippen MR) is 64.1 cm³/mol. The number of nitriles is 1. The van der Waals surface area contributed by atoms with Crippen molar-refractivity contribution in [2.75, 3.05) is 11.9 Å². The minimum Gasteiger partial charge on any atom is -0.385 e. The average Bonchev–Trinajstić information content (AvgIpc) is 2.27. The summed E-state index contributed by atoms with van der Waals surface area (Å²) in [6.45, 7) is 5.27. The third-order valence-corrected chi connectivity index (χ3v) is 2.77. The van der Waals surface area contributed by atoms with Crippen LogP contribution < -0.4 is 5.32 Å².